The van der Waals surface area contributed by atoms with E-state index >= 15 is 0 Å². The third-order valence-corrected chi connectivity index (χ3v) is 7.70. The normalized spacial score (nSPS) is 20.3. The SMILES string of the molecule is COC(=O)c1ccc2c(c1)CN(C(=O)[C@@H](C)C(C)(C)C)[C@H](C(=O)N[C@@H]1CCCc3ccccc31)C2. The smallest absolute Gasteiger partial charge is 0.337 e. The Morgan fingerprint density at radius 1 is 1.06 bits per heavy atom. The lowest BCUT2D eigenvalue weighted by atomic mass is 9.80. The molecule has 3 atom stereocenters. The van der Waals surface area contributed by atoms with Gasteiger partial charge in [0.05, 0.1) is 18.7 Å². The van der Waals surface area contributed by atoms with Crippen molar-refractivity contribution in [2.24, 2.45) is 11.3 Å². The van der Waals surface area contributed by atoms with E-state index < -0.39 is 12.0 Å². The number of hydrogen-bond donors (Lipinski definition) is 1. The number of aryl methyl sites for hydroxylation is 1. The molecule has 0 saturated carbocycles. The molecule has 4 rings (SSSR count). The molecule has 6 nitrogen and oxygen atoms in total. The first-order chi connectivity index (χ1) is 16.6. The lowest BCUT2D eigenvalue weighted by molar-refractivity contribution is -0.147. The third-order valence-electron chi connectivity index (χ3n) is 7.70. The first kappa shape index (κ1) is 25.0. The summed E-state index contributed by atoms with van der Waals surface area (Å²) in [7, 11) is 1.35. The molecule has 186 valence electrons. The number of carbonyl (C=O) groups is 3. The van der Waals surface area contributed by atoms with E-state index in [4.69, 9.17) is 4.74 Å². The molecular formula is C29H36N2O4. The van der Waals surface area contributed by atoms with E-state index in [9.17, 15) is 14.4 Å². The molecule has 0 spiro atoms. The number of nitrogens with one attached hydrogen (secondary N) is 1. The van der Waals surface area contributed by atoms with Crippen LogP contribution in [0.5, 0.6) is 0 Å². The van der Waals surface area contributed by atoms with Gasteiger partial charge in [0.1, 0.15) is 6.04 Å². The van der Waals surface area contributed by atoms with Gasteiger partial charge < -0.3 is 15.0 Å². The minimum absolute atomic E-state index is 0.0455. The van der Waals surface area contributed by atoms with Gasteiger partial charge in [-0.1, -0.05) is 58.0 Å². The largest absolute Gasteiger partial charge is 0.465 e. The summed E-state index contributed by atoms with van der Waals surface area (Å²) >= 11 is 0. The first-order valence-electron chi connectivity index (χ1n) is 12.5. The molecule has 0 saturated heterocycles. The van der Waals surface area contributed by atoms with Gasteiger partial charge in [-0.05, 0) is 59.1 Å². The molecule has 0 bridgehead atoms. The lowest BCUT2D eigenvalue weighted by Gasteiger charge is -2.40. The predicted molar refractivity (Wildman–Crippen MR) is 135 cm³/mol. The van der Waals surface area contributed by atoms with Crippen molar-refractivity contribution in [3.05, 3.63) is 70.3 Å². The van der Waals surface area contributed by atoms with E-state index in [-0.39, 0.29) is 29.2 Å². The number of carbonyl (C=O) groups excluding carboxylic acids is 3. The minimum Gasteiger partial charge on any atom is -0.465 e. The highest BCUT2D eigenvalue weighted by Crippen LogP contribution is 2.33. The van der Waals surface area contributed by atoms with Gasteiger partial charge in [0.15, 0.2) is 0 Å². The summed E-state index contributed by atoms with van der Waals surface area (Å²) in [6.45, 7) is 8.33. The first-order valence-corrected chi connectivity index (χ1v) is 12.5. The molecule has 0 aromatic heterocycles. The molecule has 2 aromatic rings. The second-order valence-electron chi connectivity index (χ2n) is 10.9. The highest BCUT2D eigenvalue weighted by atomic mass is 16.5. The van der Waals surface area contributed by atoms with Gasteiger partial charge in [-0.15, -0.1) is 0 Å². The molecule has 1 N–H and O–H groups in total. The molecule has 2 amide bonds. The Morgan fingerprint density at radius 3 is 2.51 bits per heavy atom. The van der Waals surface area contributed by atoms with Crippen molar-refractivity contribution < 1.29 is 19.1 Å². The summed E-state index contributed by atoms with van der Waals surface area (Å²) in [6.07, 6.45) is 3.35. The average molecular weight is 477 g/mol. The maximum Gasteiger partial charge on any atom is 0.337 e. The quantitative estimate of drug-likeness (QED) is 0.655. The Labute approximate surface area is 208 Å². The molecular weight excluding hydrogens is 440 g/mol. The number of fused-ring (bicyclic) bond motifs is 2. The van der Waals surface area contributed by atoms with Crippen LogP contribution >= 0.6 is 0 Å². The van der Waals surface area contributed by atoms with Crippen molar-refractivity contribution >= 4 is 17.8 Å². The predicted octanol–water partition coefficient (Wildman–Crippen LogP) is 4.60. The molecule has 0 radical (unpaired) electrons. The number of nitrogens with zero attached hydrogens (tertiary/aromatic N) is 1. The average Bonchev–Trinajstić information content (AvgIpc) is 2.85. The van der Waals surface area contributed by atoms with Crippen LogP contribution < -0.4 is 5.32 Å². The molecule has 0 unspecified atom stereocenters. The summed E-state index contributed by atoms with van der Waals surface area (Å²) in [5.41, 5.74) is 4.52. The second-order valence-corrected chi connectivity index (χ2v) is 10.9. The van der Waals surface area contributed by atoms with Crippen molar-refractivity contribution in [3.8, 4) is 0 Å². The molecule has 35 heavy (non-hydrogen) atoms. The highest BCUT2D eigenvalue weighted by Gasteiger charge is 2.40. The highest BCUT2D eigenvalue weighted by molar-refractivity contribution is 5.91. The Kier molecular flexibility index (Phi) is 7.02. The Balaban J connectivity index is 1.65. The number of ether oxygens (including phenoxy) is 1. The fraction of sp³-hybridized carbons (Fsp3) is 0.483. The zero-order chi connectivity index (χ0) is 25.3. The van der Waals surface area contributed by atoms with E-state index in [0.29, 0.717) is 18.5 Å². The standard InChI is InChI=1S/C29H36N2O4/c1-18(29(2,3)4)27(33)31-17-22-15-21(28(34)35-5)14-13-20(22)16-25(31)26(32)30-24-12-8-10-19-9-6-7-11-23(19)24/h6-7,9,11,13-15,18,24-25H,8,10,12,16-17H2,1-5H3,(H,30,32)/t18-,24-,25+/m1/s1. The van der Waals surface area contributed by atoms with Crippen molar-refractivity contribution in [1.29, 1.82) is 0 Å². The van der Waals surface area contributed by atoms with E-state index in [1.807, 2.05) is 45.9 Å². The van der Waals surface area contributed by atoms with E-state index in [1.165, 1.54) is 18.2 Å². The molecule has 1 aliphatic heterocycles. The van der Waals surface area contributed by atoms with E-state index in [2.05, 4.69) is 17.4 Å². The lowest BCUT2D eigenvalue weighted by Crippen LogP contribution is -2.55. The Bertz CT molecular complexity index is 1130. The molecule has 2 aliphatic rings. The van der Waals surface area contributed by atoms with Crippen LogP contribution in [0.2, 0.25) is 0 Å². The van der Waals surface area contributed by atoms with E-state index in [1.54, 1.807) is 17.0 Å². The number of amides is 2. The van der Waals surface area contributed by atoms with Crippen LogP contribution in [-0.2, 0) is 33.7 Å². The van der Waals surface area contributed by atoms with Crippen LogP contribution in [0.3, 0.4) is 0 Å². The van der Waals surface area contributed by atoms with Gasteiger partial charge in [0, 0.05) is 18.9 Å². The second kappa shape index (κ2) is 9.84. The van der Waals surface area contributed by atoms with Crippen molar-refractivity contribution in [1.82, 2.24) is 10.2 Å². The number of rotatable bonds is 4. The zero-order valence-electron chi connectivity index (χ0n) is 21.4. The number of esters is 1. The van der Waals surface area contributed by atoms with Gasteiger partial charge in [-0.25, -0.2) is 4.79 Å². The molecule has 0 fully saturated rings. The van der Waals surface area contributed by atoms with Crippen LogP contribution in [0.15, 0.2) is 42.5 Å². The maximum absolute atomic E-state index is 13.7. The zero-order valence-corrected chi connectivity index (χ0v) is 21.4. The summed E-state index contributed by atoms with van der Waals surface area (Å²) in [5, 5.41) is 3.27. The van der Waals surface area contributed by atoms with E-state index in [0.717, 1.165) is 30.4 Å². The summed E-state index contributed by atoms with van der Waals surface area (Å²) in [4.78, 5) is 41.2. The third kappa shape index (κ3) is 5.12. The molecule has 2 aromatic carbocycles. The summed E-state index contributed by atoms with van der Waals surface area (Å²) in [6, 6.07) is 13.0. The fourth-order valence-electron chi connectivity index (χ4n) is 5.09. The van der Waals surface area contributed by atoms with Crippen LogP contribution in [-0.4, -0.2) is 35.8 Å². The molecule has 1 heterocycles. The van der Waals surface area contributed by atoms with Gasteiger partial charge >= 0.3 is 5.97 Å². The number of methoxy groups -OCH3 is 1. The molecule has 6 heteroatoms. The van der Waals surface area contributed by atoms with Crippen LogP contribution in [0.1, 0.15) is 79.2 Å². The Hall–Kier alpha value is -3.15. The number of benzene rings is 2. The van der Waals surface area contributed by atoms with Crippen molar-refractivity contribution in [2.45, 2.75) is 72.0 Å². The van der Waals surface area contributed by atoms with Crippen molar-refractivity contribution in [2.75, 3.05) is 7.11 Å². The maximum atomic E-state index is 13.7. The van der Waals surface area contributed by atoms with Gasteiger partial charge in [-0.2, -0.15) is 0 Å². The topological polar surface area (TPSA) is 75.7 Å². The van der Waals surface area contributed by atoms with Gasteiger partial charge in [0.2, 0.25) is 11.8 Å². The summed E-state index contributed by atoms with van der Waals surface area (Å²) in [5.74, 6) is -0.845. The Morgan fingerprint density at radius 2 is 1.80 bits per heavy atom. The van der Waals surface area contributed by atoms with Crippen molar-refractivity contribution in [3.63, 3.8) is 0 Å². The van der Waals surface area contributed by atoms with Crippen LogP contribution in [0.25, 0.3) is 0 Å². The van der Waals surface area contributed by atoms with Gasteiger partial charge in [-0.3, -0.25) is 9.59 Å². The van der Waals surface area contributed by atoms with Gasteiger partial charge in [0.25, 0.3) is 0 Å². The number of hydrogen-bond acceptors (Lipinski definition) is 4. The van der Waals surface area contributed by atoms with Crippen LogP contribution in [0.4, 0.5) is 0 Å². The van der Waals surface area contributed by atoms with Crippen LogP contribution in [0, 0.1) is 11.3 Å². The monoisotopic (exact) mass is 476 g/mol. The molecule has 1 aliphatic carbocycles. The minimum atomic E-state index is -0.599. The fourth-order valence-corrected chi connectivity index (χ4v) is 5.09. The summed E-state index contributed by atoms with van der Waals surface area (Å²) < 4.78 is 4.87.